The van der Waals surface area contributed by atoms with Crippen molar-refractivity contribution in [3.05, 3.63) is 61.3 Å². The molecular weight excluding hydrogens is 284 g/mol. The molecule has 0 aliphatic carbocycles. The second-order valence-corrected chi connectivity index (χ2v) is 4.71. The summed E-state index contributed by atoms with van der Waals surface area (Å²) in [6.07, 6.45) is 1.50. The predicted octanol–water partition coefficient (Wildman–Crippen LogP) is 1.61. The van der Waals surface area contributed by atoms with E-state index in [1.54, 1.807) is 0 Å². The highest BCUT2D eigenvalue weighted by atomic mass is 79.9. The summed E-state index contributed by atoms with van der Waals surface area (Å²) in [7, 11) is 1.47. The van der Waals surface area contributed by atoms with Gasteiger partial charge in [-0.25, -0.2) is 4.79 Å². The lowest BCUT2D eigenvalue weighted by Gasteiger charge is -2.10. The van der Waals surface area contributed by atoms with Crippen LogP contribution in [0.1, 0.15) is 5.56 Å². The third-order valence-electron chi connectivity index (χ3n) is 2.61. The lowest BCUT2D eigenvalue weighted by Crippen LogP contribution is -2.36. The maximum absolute atomic E-state index is 11.9. The van der Waals surface area contributed by atoms with E-state index < -0.39 is 0 Å². The number of rotatable bonds is 1. The van der Waals surface area contributed by atoms with Crippen molar-refractivity contribution in [2.45, 2.75) is 6.92 Å². The summed E-state index contributed by atoms with van der Waals surface area (Å²) < 4.78 is 3.50. The van der Waals surface area contributed by atoms with Crippen LogP contribution in [-0.4, -0.2) is 9.13 Å². The number of benzene rings is 1. The highest BCUT2D eigenvalue weighted by Gasteiger charge is 2.06. The minimum absolute atomic E-state index is 0.305. The molecule has 4 nitrogen and oxygen atoms in total. The molecular formula is C12H11BrN2O2. The molecule has 2 rings (SSSR count). The molecule has 0 N–H and O–H groups in total. The Morgan fingerprint density at radius 2 is 1.88 bits per heavy atom. The second kappa shape index (κ2) is 4.33. The number of hydrogen-bond donors (Lipinski definition) is 0. The standard InChI is InChI=1S/C12H11BrN2O2/c1-8-7-9(13)3-4-10(8)15-6-5-11(16)14(2)12(15)17/h3-7H,1-2H3. The van der Waals surface area contributed by atoms with Crippen molar-refractivity contribution in [2.24, 2.45) is 7.05 Å². The summed E-state index contributed by atoms with van der Waals surface area (Å²) in [5.41, 5.74) is 1.08. The Labute approximate surface area is 106 Å². The van der Waals surface area contributed by atoms with Crippen LogP contribution in [0, 0.1) is 6.92 Å². The normalized spacial score (nSPS) is 10.5. The summed E-state index contributed by atoms with van der Waals surface area (Å²) in [5.74, 6) is 0. The molecule has 88 valence electrons. The lowest BCUT2D eigenvalue weighted by atomic mass is 10.2. The van der Waals surface area contributed by atoms with Gasteiger partial charge < -0.3 is 0 Å². The van der Waals surface area contributed by atoms with E-state index >= 15 is 0 Å². The van der Waals surface area contributed by atoms with Crippen molar-refractivity contribution in [3.63, 3.8) is 0 Å². The first kappa shape index (κ1) is 11.9. The molecule has 1 aromatic carbocycles. The van der Waals surface area contributed by atoms with Gasteiger partial charge in [-0.05, 0) is 30.7 Å². The monoisotopic (exact) mass is 294 g/mol. The Hall–Kier alpha value is -1.62. The molecule has 0 fully saturated rings. The van der Waals surface area contributed by atoms with Crippen molar-refractivity contribution in [1.82, 2.24) is 9.13 Å². The van der Waals surface area contributed by atoms with Gasteiger partial charge in [0.15, 0.2) is 0 Å². The molecule has 17 heavy (non-hydrogen) atoms. The SMILES string of the molecule is Cc1cc(Br)ccc1-n1ccc(=O)n(C)c1=O. The van der Waals surface area contributed by atoms with Gasteiger partial charge in [0.2, 0.25) is 0 Å². The third kappa shape index (κ3) is 2.10. The van der Waals surface area contributed by atoms with Crippen molar-refractivity contribution in [3.8, 4) is 5.69 Å². The van der Waals surface area contributed by atoms with Crippen molar-refractivity contribution >= 4 is 15.9 Å². The van der Waals surface area contributed by atoms with E-state index in [-0.39, 0.29) is 11.2 Å². The van der Waals surface area contributed by atoms with Crippen LogP contribution in [-0.2, 0) is 7.05 Å². The van der Waals surface area contributed by atoms with Crippen LogP contribution in [0.15, 0.2) is 44.5 Å². The zero-order valence-electron chi connectivity index (χ0n) is 9.48. The minimum Gasteiger partial charge on any atom is -0.269 e. The van der Waals surface area contributed by atoms with E-state index in [4.69, 9.17) is 0 Å². The number of aryl methyl sites for hydroxylation is 1. The molecule has 0 aliphatic heterocycles. The van der Waals surface area contributed by atoms with E-state index in [0.717, 1.165) is 20.3 Å². The minimum atomic E-state index is -0.345. The molecule has 1 heterocycles. The first-order chi connectivity index (χ1) is 8.00. The molecule has 0 saturated heterocycles. The number of hydrogen-bond acceptors (Lipinski definition) is 2. The molecule has 1 aromatic heterocycles. The van der Waals surface area contributed by atoms with Gasteiger partial charge in [-0.15, -0.1) is 0 Å². The summed E-state index contributed by atoms with van der Waals surface area (Å²) in [4.78, 5) is 23.2. The van der Waals surface area contributed by atoms with Crippen LogP contribution in [0.5, 0.6) is 0 Å². The van der Waals surface area contributed by atoms with E-state index in [9.17, 15) is 9.59 Å². The smallest absolute Gasteiger partial charge is 0.269 e. The largest absolute Gasteiger partial charge is 0.335 e. The zero-order valence-corrected chi connectivity index (χ0v) is 11.1. The summed E-state index contributed by atoms with van der Waals surface area (Å²) in [6.45, 7) is 1.91. The van der Waals surface area contributed by atoms with E-state index in [2.05, 4.69) is 15.9 Å². The molecule has 0 radical (unpaired) electrons. The average molecular weight is 295 g/mol. The summed E-state index contributed by atoms with van der Waals surface area (Å²) >= 11 is 3.37. The highest BCUT2D eigenvalue weighted by Crippen LogP contribution is 2.17. The van der Waals surface area contributed by atoms with E-state index in [1.807, 2.05) is 25.1 Å². The quantitative estimate of drug-likeness (QED) is 0.802. The molecule has 0 saturated carbocycles. The van der Waals surface area contributed by atoms with Crippen molar-refractivity contribution in [1.29, 1.82) is 0 Å². The Morgan fingerprint density at radius 1 is 1.18 bits per heavy atom. The number of nitrogens with zero attached hydrogens (tertiary/aromatic N) is 2. The highest BCUT2D eigenvalue weighted by molar-refractivity contribution is 9.10. The van der Waals surface area contributed by atoms with Gasteiger partial charge in [-0.2, -0.15) is 0 Å². The van der Waals surface area contributed by atoms with Crippen LogP contribution >= 0.6 is 15.9 Å². The van der Waals surface area contributed by atoms with Gasteiger partial charge in [0.05, 0.1) is 5.69 Å². The van der Waals surface area contributed by atoms with Crippen molar-refractivity contribution < 1.29 is 0 Å². The molecule has 0 bridgehead atoms. The Morgan fingerprint density at radius 3 is 2.53 bits per heavy atom. The molecule has 0 atom stereocenters. The molecule has 2 aromatic rings. The maximum atomic E-state index is 11.9. The fourth-order valence-electron chi connectivity index (χ4n) is 1.64. The summed E-state index contributed by atoms with van der Waals surface area (Å²) in [6, 6.07) is 7.00. The van der Waals surface area contributed by atoms with Crippen LogP contribution in [0.2, 0.25) is 0 Å². The fourth-order valence-corrected chi connectivity index (χ4v) is 2.12. The van der Waals surface area contributed by atoms with Gasteiger partial charge >= 0.3 is 5.69 Å². The third-order valence-corrected chi connectivity index (χ3v) is 3.10. The predicted molar refractivity (Wildman–Crippen MR) is 69.7 cm³/mol. The zero-order chi connectivity index (χ0) is 12.6. The van der Waals surface area contributed by atoms with Gasteiger partial charge in [-0.3, -0.25) is 13.9 Å². The molecule has 0 amide bonds. The number of aromatic nitrogens is 2. The molecule has 0 aliphatic rings. The average Bonchev–Trinajstić information content (AvgIpc) is 2.28. The fraction of sp³-hybridized carbons (Fsp3) is 0.167. The number of halogens is 1. The Bertz CT molecular complexity index is 686. The van der Waals surface area contributed by atoms with Crippen LogP contribution in [0.3, 0.4) is 0 Å². The van der Waals surface area contributed by atoms with Crippen LogP contribution < -0.4 is 11.2 Å². The summed E-state index contributed by atoms with van der Waals surface area (Å²) in [5, 5.41) is 0. The lowest BCUT2D eigenvalue weighted by molar-refractivity contribution is 0.727. The van der Waals surface area contributed by atoms with Gasteiger partial charge in [0, 0.05) is 23.8 Å². The van der Waals surface area contributed by atoms with Crippen molar-refractivity contribution in [2.75, 3.05) is 0 Å². The maximum Gasteiger partial charge on any atom is 0.335 e. The Kier molecular flexibility index (Phi) is 3.02. The molecule has 0 spiro atoms. The topological polar surface area (TPSA) is 44.0 Å². The first-order valence-corrected chi connectivity index (χ1v) is 5.85. The second-order valence-electron chi connectivity index (χ2n) is 3.80. The van der Waals surface area contributed by atoms with Crippen LogP contribution in [0.4, 0.5) is 0 Å². The first-order valence-electron chi connectivity index (χ1n) is 5.06. The molecule has 5 heteroatoms. The Balaban J connectivity index is 2.74. The van der Waals surface area contributed by atoms with Gasteiger partial charge in [-0.1, -0.05) is 15.9 Å². The van der Waals surface area contributed by atoms with E-state index in [0.29, 0.717) is 0 Å². The molecule has 0 unspecified atom stereocenters. The van der Waals surface area contributed by atoms with Gasteiger partial charge in [0.1, 0.15) is 0 Å². The van der Waals surface area contributed by atoms with Crippen LogP contribution in [0.25, 0.3) is 5.69 Å². The van der Waals surface area contributed by atoms with Gasteiger partial charge in [0.25, 0.3) is 5.56 Å². The van der Waals surface area contributed by atoms with E-state index in [1.165, 1.54) is 23.9 Å².